The summed E-state index contributed by atoms with van der Waals surface area (Å²) in [6.07, 6.45) is 0. The summed E-state index contributed by atoms with van der Waals surface area (Å²) in [4.78, 5) is 25.0. The fourth-order valence-electron chi connectivity index (χ4n) is 1.71. The third kappa shape index (κ3) is 5.15. The molecule has 6 heteroatoms. The zero-order valence-corrected chi connectivity index (χ0v) is 12.8. The summed E-state index contributed by atoms with van der Waals surface area (Å²) in [5, 5.41) is 2.86. The number of carbonyl (C=O) groups is 2. The maximum Gasteiger partial charge on any atom is 0.325 e. The van der Waals surface area contributed by atoms with Gasteiger partial charge < -0.3 is 9.64 Å². The van der Waals surface area contributed by atoms with Gasteiger partial charge in [0.25, 0.3) is 0 Å². The van der Waals surface area contributed by atoms with E-state index in [0.29, 0.717) is 6.54 Å². The average molecular weight is 296 g/mol. The van der Waals surface area contributed by atoms with Crippen LogP contribution < -0.4 is 5.32 Å². The van der Waals surface area contributed by atoms with E-state index in [9.17, 15) is 14.0 Å². The Morgan fingerprint density at radius 3 is 2.38 bits per heavy atom. The van der Waals surface area contributed by atoms with Crippen molar-refractivity contribution in [1.82, 2.24) is 10.2 Å². The summed E-state index contributed by atoms with van der Waals surface area (Å²) in [6, 6.07) is 5.97. The van der Waals surface area contributed by atoms with E-state index in [2.05, 4.69) is 10.1 Å². The molecule has 0 saturated carbocycles. The van der Waals surface area contributed by atoms with Gasteiger partial charge in [0.1, 0.15) is 11.4 Å². The highest BCUT2D eigenvalue weighted by Crippen LogP contribution is 2.07. The van der Waals surface area contributed by atoms with Crippen LogP contribution in [-0.4, -0.2) is 43.0 Å². The quantitative estimate of drug-likeness (QED) is 0.805. The molecular weight excluding hydrogens is 275 g/mol. The molecule has 0 fully saturated rings. The number of methoxy groups -OCH3 is 1. The molecule has 0 saturated heterocycles. The predicted molar refractivity (Wildman–Crippen MR) is 77.0 cm³/mol. The number of hydrogen-bond acceptors (Lipinski definition) is 4. The van der Waals surface area contributed by atoms with Gasteiger partial charge in [0.2, 0.25) is 5.91 Å². The topological polar surface area (TPSA) is 58.6 Å². The molecule has 0 spiro atoms. The summed E-state index contributed by atoms with van der Waals surface area (Å²) in [5.41, 5.74) is -0.0966. The zero-order chi connectivity index (χ0) is 16.0. The molecule has 0 radical (unpaired) electrons. The molecule has 1 aromatic rings. The van der Waals surface area contributed by atoms with Gasteiger partial charge in [-0.05, 0) is 31.5 Å². The SMILES string of the molecule is COC(=O)C(C)(C)NCC(=O)N(C)Cc1ccc(F)cc1. The molecule has 5 nitrogen and oxygen atoms in total. The van der Waals surface area contributed by atoms with E-state index in [0.717, 1.165) is 5.56 Å². The summed E-state index contributed by atoms with van der Waals surface area (Å²) in [7, 11) is 2.95. The highest BCUT2D eigenvalue weighted by molar-refractivity contribution is 5.82. The Bertz CT molecular complexity index is 500. The number of ether oxygens (including phenoxy) is 1. The van der Waals surface area contributed by atoms with Gasteiger partial charge in [-0.2, -0.15) is 0 Å². The lowest BCUT2D eigenvalue weighted by atomic mass is 10.1. The molecule has 0 aliphatic heterocycles. The van der Waals surface area contributed by atoms with E-state index < -0.39 is 11.5 Å². The number of esters is 1. The van der Waals surface area contributed by atoms with Crippen LogP contribution in [0, 0.1) is 5.82 Å². The van der Waals surface area contributed by atoms with Crippen LogP contribution in [0.25, 0.3) is 0 Å². The molecule has 1 aromatic carbocycles. The molecule has 1 amide bonds. The molecular formula is C15H21FN2O3. The average Bonchev–Trinajstić information content (AvgIpc) is 2.46. The molecule has 0 aliphatic carbocycles. The smallest absolute Gasteiger partial charge is 0.325 e. The molecule has 0 aromatic heterocycles. The van der Waals surface area contributed by atoms with Crippen molar-refractivity contribution >= 4 is 11.9 Å². The number of benzene rings is 1. The van der Waals surface area contributed by atoms with Crippen LogP contribution in [0.4, 0.5) is 4.39 Å². The molecule has 0 bridgehead atoms. The molecule has 0 atom stereocenters. The molecule has 0 heterocycles. The van der Waals surface area contributed by atoms with Gasteiger partial charge in [-0.25, -0.2) is 4.39 Å². The zero-order valence-electron chi connectivity index (χ0n) is 12.8. The van der Waals surface area contributed by atoms with Gasteiger partial charge in [0, 0.05) is 13.6 Å². The Morgan fingerprint density at radius 2 is 1.86 bits per heavy atom. The van der Waals surface area contributed by atoms with Crippen molar-refractivity contribution in [3.8, 4) is 0 Å². The monoisotopic (exact) mass is 296 g/mol. The minimum absolute atomic E-state index is 0.0137. The molecule has 1 N–H and O–H groups in total. The maximum absolute atomic E-state index is 12.8. The number of nitrogens with one attached hydrogen (secondary N) is 1. The van der Waals surface area contributed by atoms with Crippen molar-refractivity contribution in [3.05, 3.63) is 35.6 Å². The summed E-state index contributed by atoms with van der Waals surface area (Å²) < 4.78 is 17.5. The van der Waals surface area contributed by atoms with Gasteiger partial charge in [-0.1, -0.05) is 12.1 Å². The largest absolute Gasteiger partial charge is 0.468 e. The van der Waals surface area contributed by atoms with E-state index >= 15 is 0 Å². The molecule has 0 unspecified atom stereocenters. The van der Waals surface area contributed by atoms with Crippen LogP contribution in [0.1, 0.15) is 19.4 Å². The van der Waals surface area contributed by atoms with Gasteiger partial charge in [-0.3, -0.25) is 14.9 Å². The number of hydrogen-bond donors (Lipinski definition) is 1. The molecule has 1 rings (SSSR count). The molecule has 0 aliphatic rings. The maximum atomic E-state index is 12.8. The Hall–Kier alpha value is -1.95. The summed E-state index contributed by atoms with van der Waals surface area (Å²) in [5.74, 6) is -0.915. The van der Waals surface area contributed by atoms with Crippen LogP contribution in [0.15, 0.2) is 24.3 Å². The van der Waals surface area contributed by atoms with Crippen molar-refractivity contribution in [2.24, 2.45) is 0 Å². The number of rotatable bonds is 6. The lowest BCUT2D eigenvalue weighted by Gasteiger charge is -2.25. The van der Waals surface area contributed by atoms with Crippen LogP contribution in [0.3, 0.4) is 0 Å². The Balaban J connectivity index is 2.51. The van der Waals surface area contributed by atoms with Crippen molar-refractivity contribution in [2.45, 2.75) is 25.9 Å². The summed E-state index contributed by atoms with van der Waals surface area (Å²) in [6.45, 7) is 3.68. The van der Waals surface area contributed by atoms with Crippen LogP contribution in [0.2, 0.25) is 0 Å². The number of carbonyl (C=O) groups excluding carboxylic acids is 2. The number of nitrogens with zero attached hydrogens (tertiary/aromatic N) is 1. The minimum Gasteiger partial charge on any atom is -0.468 e. The van der Waals surface area contributed by atoms with Crippen molar-refractivity contribution in [2.75, 3.05) is 20.7 Å². The van der Waals surface area contributed by atoms with Gasteiger partial charge in [0.05, 0.1) is 13.7 Å². The number of likely N-dealkylation sites (N-methyl/N-ethyl adjacent to an activating group) is 1. The lowest BCUT2D eigenvalue weighted by Crippen LogP contribution is -2.51. The first kappa shape index (κ1) is 17.1. The first-order valence-corrected chi connectivity index (χ1v) is 6.58. The highest BCUT2D eigenvalue weighted by Gasteiger charge is 2.28. The van der Waals surface area contributed by atoms with Gasteiger partial charge >= 0.3 is 5.97 Å². The minimum atomic E-state index is -0.929. The van der Waals surface area contributed by atoms with E-state index in [1.807, 2.05) is 0 Å². The predicted octanol–water partition coefficient (Wildman–Crippen LogP) is 1.33. The van der Waals surface area contributed by atoms with Crippen molar-refractivity contribution in [1.29, 1.82) is 0 Å². The Morgan fingerprint density at radius 1 is 1.29 bits per heavy atom. The van der Waals surface area contributed by atoms with E-state index in [-0.39, 0.29) is 18.3 Å². The third-order valence-corrected chi connectivity index (χ3v) is 3.14. The normalized spacial score (nSPS) is 11.1. The second-order valence-electron chi connectivity index (χ2n) is 5.35. The van der Waals surface area contributed by atoms with Crippen LogP contribution >= 0.6 is 0 Å². The van der Waals surface area contributed by atoms with Crippen molar-refractivity contribution < 1.29 is 18.7 Å². The second kappa shape index (κ2) is 7.17. The highest BCUT2D eigenvalue weighted by atomic mass is 19.1. The number of amides is 1. The first-order valence-electron chi connectivity index (χ1n) is 6.58. The van der Waals surface area contributed by atoms with Gasteiger partial charge in [-0.15, -0.1) is 0 Å². The second-order valence-corrected chi connectivity index (χ2v) is 5.35. The lowest BCUT2D eigenvalue weighted by molar-refractivity contribution is -0.147. The number of halogens is 1. The van der Waals surface area contributed by atoms with E-state index in [1.165, 1.54) is 24.1 Å². The summed E-state index contributed by atoms with van der Waals surface area (Å²) >= 11 is 0. The molecule has 116 valence electrons. The van der Waals surface area contributed by atoms with Crippen molar-refractivity contribution in [3.63, 3.8) is 0 Å². The van der Waals surface area contributed by atoms with Crippen LogP contribution in [-0.2, 0) is 20.9 Å². The van der Waals surface area contributed by atoms with E-state index in [4.69, 9.17) is 0 Å². The third-order valence-electron chi connectivity index (χ3n) is 3.14. The standard InChI is InChI=1S/C15H21FN2O3/c1-15(2,14(20)21-4)17-9-13(19)18(3)10-11-5-7-12(16)8-6-11/h5-8,17H,9-10H2,1-4H3. The molecule has 21 heavy (non-hydrogen) atoms. The van der Waals surface area contributed by atoms with E-state index in [1.54, 1.807) is 33.0 Å². The Kier molecular flexibility index (Phi) is 5.84. The first-order chi connectivity index (χ1) is 9.76. The van der Waals surface area contributed by atoms with Crippen LogP contribution in [0.5, 0.6) is 0 Å². The fourth-order valence-corrected chi connectivity index (χ4v) is 1.71. The Labute approximate surface area is 124 Å². The van der Waals surface area contributed by atoms with Gasteiger partial charge in [0.15, 0.2) is 0 Å². The fraction of sp³-hybridized carbons (Fsp3) is 0.467.